The lowest BCUT2D eigenvalue weighted by Crippen LogP contribution is -2.15. The lowest BCUT2D eigenvalue weighted by molar-refractivity contribution is 0.0690. The minimum atomic E-state index is -1.08. The molecule has 5 heteroatoms. The molecule has 20 heavy (non-hydrogen) atoms. The summed E-state index contributed by atoms with van der Waals surface area (Å²) >= 11 is 0. The van der Waals surface area contributed by atoms with Gasteiger partial charge >= 0.3 is 5.97 Å². The van der Waals surface area contributed by atoms with Gasteiger partial charge in [0, 0.05) is 5.56 Å². The number of nitrogens with zero attached hydrogens (tertiary/aromatic N) is 1. The number of phenols is 1. The third kappa shape index (κ3) is 2.52. The highest BCUT2D eigenvalue weighted by atomic mass is 16.4. The van der Waals surface area contributed by atoms with Crippen LogP contribution in [0, 0.1) is 0 Å². The molecule has 5 nitrogen and oxygen atoms in total. The second-order valence-corrected chi connectivity index (χ2v) is 5.44. The van der Waals surface area contributed by atoms with Crippen molar-refractivity contribution in [1.29, 1.82) is 0 Å². The summed E-state index contributed by atoms with van der Waals surface area (Å²) in [6, 6.07) is 6.78. The highest BCUT2D eigenvalue weighted by Gasteiger charge is 2.20. The third-order valence-electron chi connectivity index (χ3n) is 3.75. The van der Waals surface area contributed by atoms with E-state index in [1.807, 2.05) is 12.1 Å². The van der Waals surface area contributed by atoms with Crippen molar-refractivity contribution in [3.05, 3.63) is 35.5 Å². The predicted molar refractivity (Wildman–Crippen MR) is 76.0 cm³/mol. The van der Waals surface area contributed by atoms with Crippen molar-refractivity contribution >= 4 is 5.97 Å². The van der Waals surface area contributed by atoms with Gasteiger partial charge in [0.15, 0.2) is 0 Å². The number of aromatic hydroxyl groups is 1. The second kappa shape index (κ2) is 5.00. The number of hydrogen-bond acceptors (Lipinski definition) is 3. The molecule has 0 fully saturated rings. The quantitative estimate of drug-likeness (QED) is 0.799. The molecule has 0 amide bonds. The summed E-state index contributed by atoms with van der Waals surface area (Å²) in [4.78, 5) is 10.9. The molecule has 106 valence electrons. The SMILES string of the molecule is CCC(C)(C)c1ccc(O)c(-c2cc(C(=O)O)[nH]n2)c1. The molecule has 0 bridgehead atoms. The Balaban J connectivity index is 2.50. The number of benzene rings is 1. The first-order valence-corrected chi connectivity index (χ1v) is 6.47. The molecular formula is C15H18N2O3. The molecule has 1 aromatic heterocycles. The number of carboxylic acids is 1. The maximum atomic E-state index is 10.9. The van der Waals surface area contributed by atoms with Crippen molar-refractivity contribution in [2.75, 3.05) is 0 Å². The van der Waals surface area contributed by atoms with Crippen molar-refractivity contribution in [2.24, 2.45) is 0 Å². The number of phenolic OH excluding ortho intramolecular Hbond substituents is 1. The Morgan fingerprint density at radius 2 is 2.05 bits per heavy atom. The number of H-pyrrole nitrogens is 1. The van der Waals surface area contributed by atoms with Gasteiger partial charge in [0.25, 0.3) is 0 Å². The summed E-state index contributed by atoms with van der Waals surface area (Å²) in [5.41, 5.74) is 2.02. The smallest absolute Gasteiger partial charge is 0.353 e. The van der Waals surface area contributed by atoms with E-state index < -0.39 is 5.97 Å². The zero-order valence-corrected chi connectivity index (χ0v) is 11.8. The Kier molecular flexibility index (Phi) is 3.53. The molecule has 0 radical (unpaired) electrons. The van der Waals surface area contributed by atoms with Crippen LogP contribution in [0.25, 0.3) is 11.3 Å². The van der Waals surface area contributed by atoms with Gasteiger partial charge in [-0.2, -0.15) is 5.10 Å². The average molecular weight is 274 g/mol. The summed E-state index contributed by atoms with van der Waals surface area (Å²) in [6.07, 6.45) is 0.957. The number of carboxylic acid groups (broad SMARTS) is 1. The van der Waals surface area contributed by atoms with Crippen LogP contribution in [0.5, 0.6) is 5.75 Å². The summed E-state index contributed by atoms with van der Waals surface area (Å²) in [5.74, 6) is -0.989. The van der Waals surface area contributed by atoms with E-state index in [0.717, 1.165) is 12.0 Å². The monoisotopic (exact) mass is 274 g/mol. The number of aromatic carboxylic acids is 1. The van der Waals surface area contributed by atoms with Gasteiger partial charge in [-0.3, -0.25) is 5.10 Å². The summed E-state index contributed by atoms with van der Waals surface area (Å²) in [7, 11) is 0. The molecule has 0 saturated carbocycles. The van der Waals surface area contributed by atoms with Crippen LogP contribution in [-0.4, -0.2) is 26.4 Å². The van der Waals surface area contributed by atoms with Crippen molar-refractivity contribution in [3.8, 4) is 17.0 Å². The zero-order chi connectivity index (χ0) is 14.9. The van der Waals surface area contributed by atoms with Crippen LogP contribution in [-0.2, 0) is 5.41 Å². The number of rotatable bonds is 4. The molecule has 2 rings (SSSR count). The van der Waals surface area contributed by atoms with Crippen molar-refractivity contribution in [3.63, 3.8) is 0 Å². The van der Waals surface area contributed by atoms with E-state index in [1.54, 1.807) is 6.07 Å². The van der Waals surface area contributed by atoms with E-state index in [-0.39, 0.29) is 16.9 Å². The average Bonchev–Trinajstić information content (AvgIpc) is 2.88. The van der Waals surface area contributed by atoms with E-state index in [4.69, 9.17) is 5.11 Å². The van der Waals surface area contributed by atoms with E-state index in [0.29, 0.717) is 11.3 Å². The molecule has 3 N–H and O–H groups in total. The largest absolute Gasteiger partial charge is 0.507 e. The summed E-state index contributed by atoms with van der Waals surface area (Å²) in [5, 5.41) is 25.3. The van der Waals surface area contributed by atoms with Gasteiger partial charge < -0.3 is 10.2 Å². The second-order valence-electron chi connectivity index (χ2n) is 5.44. The Hall–Kier alpha value is -2.30. The Bertz CT molecular complexity index is 644. The molecule has 0 unspecified atom stereocenters. The van der Waals surface area contributed by atoms with Crippen LogP contribution in [0.3, 0.4) is 0 Å². The van der Waals surface area contributed by atoms with Crippen LogP contribution in [0.15, 0.2) is 24.3 Å². The maximum absolute atomic E-state index is 10.9. The van der Waals surface area contributed by atoms with Gasteiger partial charge in [0.2, 0.25) is 0 Å². The fraction of sp³-hybridized carbons (Fsp3) is 0.333. The van der Waals surface area contributed by atoms with Gasteiger partial charge in [-0.25, -0.2) is 4.79 Å². The number of aromatic amines is 1. The Morgan fingerprint density at radius 3 is 2.60 bits per heavy atom. The van der Waals surface area contributed by atoms with Gasteiger partial charge in [0.05, 0.1) is 5.69 Å². The van der Waals surface area contributed by atoms with Gasteiger partial charge in [-0.05, 0) is 35.6 Å². The number of aromatic nitrogens is 2. The van der Waals surface area contributed by atoms with Crippen molar-refractivity contribution < 1.29 is 15.0 Å². The summed E-state index contributed by atoms with van der Waals surface area (Å²) in [6.45, 7) is 6.34. The molecule has 0 saturated heterocycles. The predicted octanol–water partition coefficient (Wildman–Crippen LogP) is 3.17. The first-order chi connectivity index (χ1) is 9.35. The number of carbonyl (C=O) groups is 1. The Morgan fingerprint density at radius 1 is 1.35 bits per heavy atom. The van der Waals surface area contributed by atoms with Crippen molar-refractivity contribution in [1.82, 2.24) is 10.2 Å². The molecule has 0 aliphatic carbocycles. The van der Waals surface area contributed by atoms with E-state index in [9.17, 15) is 9.90 Å². The zero-order valence-electron chi connectivity index (χ0n) is 11.8. The normalized spacial score (nSPS) is 11.6. The fourth-order valence-electron chi connectivity index (χ4n) is 1.94. The molecule has 0 aliphatic heterocycles. The number of hydrogen-bond donors (Lipinski definition) is 3. The molecule has 2 aromatic rings. The molecular weight excluding hydrogens is 256 g/mol. The van der Waals surface area contributed by atoms with Gasteiger partial charge in [-0.1, -0.05) is 26.8 Å². The first kappa shape index (κ1) is 14.1. The maximum Gasteiger partial charge on any atom is 0.353 e. The van der Waals surface area contributed by atoms with Crippen LogP contribution >= 0.6 is 0 Å². The van der Waals surface area contributed by atoms with Crippen LogP contribution in [0.1, 0.15) is 43.2 Å². The summed E-state index contributed by atoms with van der Waals surface area (Å²) < 4.78 is 0. The van der Waals surface area contributed by atoms with Crippen LogP contribution in [0.2, 0.25) is 0 Å². The number of nitrogens with one attached hydrogen (secondary N) is 1. The minimum Gasteiger partial charge on any atom is -0.507 e. The standard InChI is InChI=1S/C15H18N2O3/c1-4-15(2,3)9-5-6-13(18)10(7-9)11-8-12(14(19)20)17-16-11/h5-8,18H,4H2,1-3H3,(H,16,17)(H,19,20). The fourth-order valence-corrected chi connectivity index (χ4v) is 1.94. The first-order valence-electron chi connectivity index (χ1n) is 6.47. The minimum absolute atomic E-state index is 0.000412. The topological polar surface area (TPSA) is 86.2 Å². The van der Waals surface area contributed by atoms with Gasteiger partial charge in [0.1, 0.15) is 11.4 Å². The lowest BCUT2D eigenvalue weighted by Gasteiger charge is -2.24. The molecule has 0 atom stereocenters. The van der Waals surface area contributed by atoms with Gasteiger partial charge in [-0.15, -0.1) is 0 Å². The molecule has 1 aromatic carbocycles. The van der Waals surface area contributed by atoms with Crippen LogP contribution < -0.4 is 0 Å². The molecule has 0 spiro atoms. The molecule has 0 aliphatic rings. The van der Waals surface area contributed by atoms with Crippen LogP contribution in [0.4, 0.5) is 0 Å². The molecule has 1 heterocycles. The Labute approximate surface area is 117 Å². The van der Waals surface area contributed by atoms with E-state index in [1.165, 1.54) is 6.07 Å². The highest BCUT2D eigenvalue weighted by molar-refractivity contribution is 5.87. The lowest BCUT2D eigenvalue weighted by atomic mass is 9.81. The third-order valence-corrected chi connectivity index (χ3v) is 3.75. The highest BCUT2D eigenvalue weighted by Crippen LogP contribution is 2.34. The van der Waals surface area contributed by atoms with E-state index in [2.05, 4.69) is 31.0 Å². The van der Waals surface area contributed by atoms with Crippen molar-refractivity contribution in [2.45, 2.75) is 32.6 Å². The van der Waals surface area contributed by atoms with E-state index >= 15 is 0 Å².